The molecule has 1 nitrogen and oxygen atoms in total. The molecule has 14 heavy (non-hydrogen) atoms. The van der Waals surface area contributed by atoms with Gasteiger partial charge in [0.05, 0.1) is 0 Å². The fourth-order valence-corrected chi connectivity index (χ4v) is 1.65. The zero-order valence-electron chi connectivity index (χ0n) is 10.3. The molecule has 0 saturated heterocycles. The molecule has 84 valence electrons. The van der Waals surface area contributed by atoms with Crippen LogP contribution in [0.3, 0.4) is 0 Å². The highest BCUT2D eigenvalue weighted by atomic mass is 16.3. The molecule has 0 heterocycles. The van der Waals surface area contributed by atoms with Crippen molar-refractivity contribution in [1.29, 1.82) is 0 Å². The number of aliphatic hydroxyl groups is 1. The van der Waals surface area contributed by atoms with Crippen molar-refractivity contribution in [2.75, 3.05) is 6.61 Å². The van der Waals surface area contributed by atoms with Gasteiger partial charge in [-0.05, 0) is 38.5 Å². The van der Waals surface area contributed by atoms with E-state index < -0.39 is 0 Å². The second-order valence-corrected chi connectivity index (χ2v) is 4.60. The minimum Gasteiger partial charge on any atom is -0.396 e. The Bertz CT molecular complexity index is 162. The summed E-state index contributed by atoms with van der Waals surface area (Å²) in [6.07, 6.45) is 7.97. The van der Waals surface area contributed by atoms with Gasteiger partial charge >= 0.3 is 0 Å². The van der Waals surface area contributed by atoms with Crippen LogP contribution in [0.5, 0.6) is 0 Å². The number of rotatable bonds is 7. The monoisotopic (exact) mass is 198 g/mol. The zero-order chi connectivity index (χ0) is 11.0. The summed E-state index contributed by atoms with van der Waals surface area (Å²) in [5.41, 5.74) is 1.50. The van der Waals surface area contributed by atoms with Crippen molar-refractivity contribution >= 4 is 0 Å². The normalized spacial score (nSPS) is 14.9. The lowest BCUT2D eigenvalue weighted by molar-refractivity contribution is 0.109. The highest BCUT2D eigenvalue weighted by Gasteiger charge is 2.25. The van der Waals surface area contributed by atoms with Crippen molar-refractivity contribution in [3.63, 3.8) is 0 Å². The molecular formula is C13H26O. The van der Waals surface area contributed by atoms with Gasteiger partial charge in [-0.3, -0.25) is 0 Å². The SMILES string of the molecule is CCCCC(CC)(CO)CC=C(C)C. The summed E-state index contributed by atoms with van der Waals surface area (Å²) >= 11 is 0. The average molecular weight is 198 g/mol. The third-order valence-electron chi connectivity index (χ3n) is 3.09. The summed E-state index contributed by atoms with van der Waals surface area (Å²) in [7, 11) is 0. The van der Waals surface area contributed by atoms with E-state index in [9.17, 15) is 5.11 Å². The van der Waals surface area contributed by atoms with E-state index >= 15 is 0 Å². The Morgan fingerprint density at radius 1 is 1.29 bits per heavy atom. The van der Waals surface area contributed by atoms with E-state index in [0.717, 1.165) is 19.3 Å². The van der Waals surface area contributed by atoms with Crippen molar-refractivity contribution < 1.29 is 5.11 Å². The molecular weight excluding hydrogens is 172 g/mol. The second kappa shape index (κ2) is 7.05. The quantitative estimate of drug-likeness (QED) is 0.615. The van der Waals surface area contributed by atoms with Gasteiger partial charge in [0, 0.05) is 6.61 Å². The summed E-state index contributed by atoms with van der Waals surface area (Å²) in [5.74, 6) is 0. The summed E-state index contributed by atoms with van der Waals surface area (Å²) in [6.45, 7) is 8.96. The number of hydrogen-bond donors (Lipinski definition) is 1. The number of aliphatic hydroxyl groups excluding tert-OH is 1. The first kappa shape index (κ1) is 13.7. The minimum atomic E-state index is 0.146. The number of allylic oxidation sites excluding steroid dienone is 2. The van der Waals surface area contributed by atoms with Gasteiger partial charge < -0.3 is 5.11 Å². The van der Waals surface area contributed by atoms with Crippen molar-refractivity contribution in [3.05, 3.63) is 11.6 Å². The smallest absolute Gasteiger partial charge is 0.0490 e. The molecule has 0 aliphatic rings. The van der Waals surface area contributed by atoms with Gasteiger partial charge in [0.15, 0.2) is 0 Å². The third kappa shape index (κ3) is 4.80. The fraction of sp³-hybridized carbons (Fsp3) is 0.846. The Labute approximate surface area is 89.2 Å². The molecule has 0 radical (unpaired) electrons. The Morgan fingerprint density at radius 3 is 2.29 bits per heavy atom. The average Bonchev–Trinajstić information content (AvgIpc) is 2.19. The lowest BCUT2D eigenvalue weighted by Crippen LogP contribution is -2.24. The van der Waals surface area contributed by atoms with Gasteiger partial charge in [-0.1, -0.05) is 38.3 Å². The molecule has 0 rings (SSSR count). The number of hydrogen-bond acceptors (Lipinski definition) is 1. The van der Waals surface area contributed by atoms with Gasteiger partial charge in [-0.25, -0.2) is 0 Å². The van der Waals surface area contributed by atoms with E-state index in [1.807, 2.05) is 0 Å². The lowest BCUT2D eigenvalue weighted by atomic mass is 9.78. The summed E-state index contributed by atoms with van der Waals surface area (Å²) in [4.78, 5) is 0. The largest absolute Gasteiger partial charge is 0.396 e. The van der Waals surface area contributed by atoms with Crippen LogP contribution in [-0.2, 0) is 0 Å². The second-order valence-electron chi connectivity index (χ2n) is 4.60. The maximum absolute atomic E-state index is 9.49. The molecule has 0 aromatic carbocycles. The molecule has 1 unspecified atom stereocenters. The Morgan fingerprint density at radius 2 is 1.93 bits per heavy atom. The standard InChI is InChI=1S/C13H26O/c1-5-7-9-13(6-2,11-14)10-8-12(3)4/h8,14H,5-7,9-11H2,1-4H3. The molecule has 0 bridgehead atoms. The van der Waals surface area contributed by atoms with Crippen LogP contribution in [0.25, 0.3) is 0 Å². The topological polar surface area (TPSA) is 20.2 Å². The van der Waals surface area contributed by atoms with Gasteiger partial charge in [-0.2, -0.15) is 0 Å². The highest BCUT2D eigenvalue weighted by Crippen LogP contribution is 2.33. The van der Waals surface area contributed by atoms with E-state index in [1.165, 1.54) is 18.4 Å². The first-order chi connectivity index (χ1) is 6.60. The molecule has 0 aromatic rings. The van der Waals surface area contributed by atoms with Crippen LogP contribution < -0.4 is 0 Å². The van der Waals surface area contributed by atoms with Crippen LogP contribution in [0.1, 0.15) is 59.8 Å². The van der Waals surface area contributed by atoms with Gasteiger partial charge in [-0.15, -0.1) is 0 Å². The van der Waals surface area contributed by atoms with E-state index in [2.05, 4.69) is 33.8 Å². The first-order valence-corrected chi connectivity index (χ1v) is 5.84. The van der Waals surface area contributed by atoms with Crippen LogP contribution in [0.2, 0.25) is 0 Å². The molecule has 1 heteroatoms. The summed E-state index contributed by atoms with van der Waals surface area (Å²) in [5, 5.41) is 9.49. The molecule has 1 N–H and O–H groups in total. The Hall–Kier alpha value is -0.300. The zero-order valence-corrected chi connectivity index (χ0v) is 10.3. The van der Waals surface area contributed by atoms with E-state index in [0.29, 0.717) is 6.61 Å². The molecule has 0 aromatic heterocycles. The van der Waals surface area contributed by atoms with Crippen molar-refractivity contribution in [2.45, 2.75) is 59.8 Å². The van der Waals surface area contributed by atoms with Gasteiger partial charge in [0.1, 0.15) is 0 Å². The van der Waals surface area contributed by atoms with Crippen LogP contribution in [0.15, 0.2) is 11.6 Å². The lowest BCUT2D eigenvalue weighted by Gasteiger charge is -2.29. The van der Waals surface area contributed by atoms with Crippen molar-refractivity contribution in [2.24, 2.45) is 5.41 Å². The Kier molecular flexibility index (Phi) is 6.90. The van der Waals surface area contributed by atoms with E-state index in [4.69, 9.17) is 0 Å². The van der Waals surface area contributed by atoms with E-state index in [1.54, 1.807) is 0 Å². The molecule has 0 spiro atoms. The molecule has 0 aliphatic heterocycles. The van der Waals surface area contributed by atoms with Gasteiger partial charge in [0.25, 0.3) is 0 Å². The first-order valence-electron chi connectivity index (χ1n) is 5.84. The van der Waals surface area contributed by atoms with Gasteiger partial charge in [0.2, 0.25) is 0 Å². The summed E-state index contributed by atoms with van der Waals surface area (Å²) < 4.78 is 0. The third-order valence-corrected chi connectivity index (χ3v) is 3.09. The fourth-order valence-electron chi connectivity index (χ4n) is 1.65. The molecule has 1 atom stereocenters. The predicted molar refractivity (Wildman–Crippen MR) is 63.4 cm³/mol. The highest BCUT2D eigenvalue weighted by molar-refractivity contribution is 4.97. The summed E-state index contributed by atoms with van der Waals surface area (Å²) in [6, 6.07) is 0. The minimum absolute atomic E-state index is 0.146. The molecule has 0 aliphatic carbocycles. The molecule has 0 fully saturated rings. The molecule has 0 saturated carbocycles. The van der Waals surface area contributed by atoms with E-state index in [-0.39, 0.29) is 5.41 Å². The molecule has 0 amide bonds. The Balaban J connectivity index is 4.28. The van der Waals surface area contributed by atoms with Crippen LogP contribution >= 0.6 is 0 Å². The maximum atomic E-state index is 9.49. The predicted octanol–water partition coefficient (Wildman–Crippen LogP) is 3.92. The maximum Gasteiger partial charge on any atom is 0.0490 e. The van der Waals surface area contributed by atoms with Crippen molar-refractivity contribution in [1.82, 2.24) is 0 Å². The van der Waals surface area contributed by atoms with Crippen LogP contribution in [0.4, 0.5) is 0 Å². The van der Waals surface area contributed by atoms with Crippen molar-refractivity contribution in [3.8, 4) is 0 Å². The number of unbranched alkanes of at least 4 members (excludes halogenated alkanes) is 1. The van der Waals surface area contributed by atoms with Crippen LogP contribution in [-0.4, -0.2) is 11.7 Å². The van der Waals surface area contributed by atoms with Crippen LogP contribution in [0, 0.1) is 5.41 Å².